The van der Waals surface area contributed by atoms with Gasteiger partial charge in [0, 0.05) is 6.54 Å². The van der Waals surface area contributed by atoms with E-state index in [0.29, 0.717) is 13.0 Å². The van der Waals surface area contributed by atoms with E-state index in [9.17, 15) is 9.59 Å². The molecule has 1 atom stereocenters. The quantitative estimate of drug-likeness (QED) is 0.578. The third-order valence-electron chi connectivity index (χ3n) is 6.04. The molecule has 0 spiro atoms. The fourth-order valence-corrected chi connectivity index (χ4v) is 4.44. The summed E-state index contributed by atoms with van der Waals surface area (Å²) in [6.07, 6.45) is 2.42. The van der Waals surface area contributed by atoms with Crippen LogP contribution < -0.4 is 10.1 Å². The molecule has 2 aliphatic rings. The van der Waals surface area contributed by atoms with Gasteiger partial charge in [-0.3, -0.25) is 14.6 Å². The van der Waals surface area contributed by atoms with Gasteiger partial charge in [-0.2, -0.15) is 0 Å². The van der Waals surface area contributed by atoms with Crippen LogP contribution in [-0.4, -0.2) is 54.0 Å². The molecule has 152 valence electrons. The molecule has 1 unspecified atom stereocenters. The number of hydrogen-bond donors (Lipinski definition) is 1. The highest BCUT2D eigenvalue weighted by Crippen LogP contribution is 2.36. The van der Waals surface area contributed by atoms with Crippen LogP contribution in [0, 0.1) is 5.92 Å². The summed E-state index contributed by atoms with van der Waals surface area (Å²) in [5.41, 5.74) is 1.30. The molecule has 0 saturated carbocycles. The lowest BCUT2D eigenvalue weighted by Crippen LogP contribution is -2.55. The number of rotatable bonds is 7. The molecule has 0 bridgehead atoms. The van der Waals surface area contributed by atoms with Crippen molar-refractivity contribution in [2.24, 2.45) is 5.92 Å². The molecule has 28 heavy (non-hydrogen) atoms. The van der Waals surface area contributed by atoms with E-state index in [1.807, 2.05) is 26.0 Å². The molecule has 2 saturated heterocycles. The Hall–Kier alpha value is -2.34. The van der Waals surface area contributed by atoms with Crippen molar-refractivity contribution in [3.05, 3.63) is 42.0 Å². The van der Waals surface area contributed by atoms with Crippen molar-refractivity contribution in [3.63, 3.8) is 0 Å². The van der Waals surface area contributed by atoms with Crippen molar-refractivity contribution in [2.45, 2.75) is 45.2 Å². The molecular weight excluding hydrogens is 354 g/mol. The van der Waals surface area contributed by atoms with Gasteiger partial charge in [-0.1, -0.05) is 31.2 Å². The smallest absolute Gasteiger partial charge is 0.325 e. The first-order valence-electron chi connectivity index (χ1n) is 10.0. The van der Waals surface area contributed by atoms with Gasteiger partial charge in [-0.05, 0) is 62.9 Å². The number of amides is 3. The van der Waals surface area contributed by atoms with Crippen LogP contribution in [0.25, 0.3) is 0 Å². The van der Waals surface area contributed by atoms with E-state index in [4.69, 9.17) is 4.74 Å². The number of imide groups is 1. The standard InChI is InChI=1S/C22H31N3O3/c1-5-22(20(26)25(14-16(2)3)21(27)23-22)18-10-12-24(13-11-18)15-17-6-8-19(28-4)9-7-17/h6-9,18H,2,5,10-15H2,1,3-4H3,(H,23,27). The SMILES string of the molecule is C=C(C)CN1C(=O)NC(CC)(C2CCN(Cc3ccc(OC)cc3)CC2)C1=O. The first-order valence-corrected chi connectivity index (χ1v) is 10.0. The van der Waals surface area contributed by atoms with E-state index in [2.05, 4.69) is 28.9 Å². The van der Waals surface area contributed by atoms with Gasteiger partial charge < -0.3 is 10.1 Å². The van der Waals surface area contributed by atoms with Gasteiger partial charge in [-0.25, -0.2) is 4.79 Å². The van der Waals surface area contributed by atoms with Crippen molar-refractivity contribution < 1.29 is 14.3 Å². The zero-order valence-corrected chi connectivity index (χ0v) is 17.2. The van der Waals surface area contributed by atoms with Gasteiger partial charge in [-0.15, -0.1) is 0 Å². The Morgan fingerprint density at radius 1 is 1.25 bits per heavy atom. The molecule has 1 aromatic carbocycles. The van der Waals surface area contributed by atoms with Crippen LogP contribution in [0.1, 0.15) is 38.7 Å². The highest BCUT2D eigenvalue weighted by Gasteiger charge is 2.54. The Bertz CT molecular complexity index is 738. The first kappa shape index (κ1) is 20.4. The van der Waals surface area contributed by atoms with Crippen LogP contribution in [0.4, 0.5) is 4.79 Å². The van der Waals surface area contributed by atoms with Crippen LogP contribution in [0.5, 0.6) is 5.75 Å². The number of benzene rings is 1. The van der Waals surface area contributed by atoms with Gasteiger partial charge in [0.1, 0.15) is 11.3 Å². The van der Waals surface area contributed by atoms with E-state index in [-0.39, 0.29) is 17.9 Å². The third kappa shape index (κ3) is 3.92. The molecule has 3 amide bonds. The molecule has 2 aliphatic heterocycles. The Morgan fingerprint density at radius 2 is 1.89 bits per heavy atom. The average Bonchev–Trinajstić information content (AvgIpc) is 2.94. The van der Waals surface area contributed by atoms with E-state index >= 15 is 0 Å². The van der Waals surface area contributed by atoms with E-state index in [1.54, 1.807) is 7.11 Å². The summed E-state index contributed by atoms with van der Waals surface area (Å²) >= 11 is 0. The number of likely N-dealkylation sites (tertiary alicyclic amines) is 1. The minimum atomic E-state index is -0.765. The topological polar surface area (TPSA) is 61.9 Å². The molecule has 6 nitrogen and oxygen atoms in total. The number of nitrogens with zero attached hydrogens (tertiary/aromatic N) is 2. The van der Waals surface area contributed by atoms with Gasteiger partial charge in [0.15, 0.2) is 0 Å². The van der Waals surface area contributed by atoms with E-state index in [1.165, 1.54) is 10.5 Å². The number of nitrogens with one attached hydrogen (secondary N) is 1. The van der Waals surface area contributed by atoms with Crippen LogP contribution in [0.15, 0.2) is 36.4 Å². The first-order chi connectivity index (χ1) is 13.4. The number of urea groups is 1. The van der Waals surface area contributed by atoms with Gasteiger partial charge in [0.05, 0.1) is 13.7 Å². The molecule has 2 heterocycles. The molecule has 3 rings (SSSR count). The Balaban J connectivity index is 1.63. The normalized spacial score (nSPS) is 23.8. The van der Waals surface area contributed by atoms with E-state index in [0.717, 1.165) is 43.8 Å². The predicted octanol–water partition coefficient (Wildman–Crippen LogP) is 3.18. The summed E-state index contributed by atoms with van der Waals surface area (Å²) in [7, 11) is 1.67. The van der Waals surface area contributed by atoms with Gasteiger partial charge in [0.2, 0.25) is 0 Å². The predicted molar refractivity (Wildman–Crippen MR) is 109 cm³/mol. The van der Waals surface area contributed by atoms with Gasteiger partial charge >= 0.3 is 6.03 Å². The van der Waals surface area contributed by atoms with E-state index < -0.39 is 5.54 Å². The molecule has 0 radical (unpaired) electrons. The Labute approximate surface area is 167 Å². The molecule has 0 aliphatic carbocycles. The number of ether oxygens (including phenoxy) is 1. The lowest BCUT2D eigenvalue weighted by Gasteiger charge is -2.40. The largest absolute Gasteiger partial charge is 0.497 e. The summed E-state index contributed by atoms with van der Waals surface area (Å²) in [6, 6.07) is 7.87. The molecular formula is C22H31N3O3. The Morgan fingerprint density at radius 3 is 2.43 bits per heavy atom. The van der Waals surface area contributed by atoms with Crippen molar-refractivity contribution >= 4 is 11.9 Å². The second-order valence-electron chi connectivity index (χ2n) is 8.00. The minimum absolute atomic E-state index is 0.0865. The number of methoxy groups -OCH3 is 1. The number of piperidine rings is 1. The minimum Gasteiger partial charge on any atom is -0.497 e. The number of carbonyl (C=O) groups excluding carboxylic acids is 2. The number of hydrogen-bond acceptors (Lipinski definition) is 4. The molecule has 6 heteroatoms. The maximum Gasteiger partial charge on any atom is 0.325 e. The average molecular weight is 386 g/mol. The summed E-state index contributed by atoms with van der Waals surface area (Å²) in [5, 5.41) is 3.03. The van der Waals surface area contributed by atoms with Crippen LogP contribution in [0.2, 0.25) is 0 Å². The lowest BCUT2D eigenvalue weighted by atomic mass is 9.75. The van der Waals surface area contributed by atoms with Crippen molar-refractivity contribution in [1.29, 1.82) is 0 Å². The zero-order chi connectivity index (χ0) is 20.3. The highest BCUT2D eigenvalue weighted by atomic mass is 16.5. The third-order valence-corrected chi connectivity index (χ3v) is 6.04. The molecule has 1 aromatic rings. The molecule has 2 fully saturated rings. The fourth-order valence-electron chi connectivity index (χ4n) is 4.44. The van der Waals surface area contributed by atoms with Crippen LogP contribution in [0.3, 0.4) is 0 Å². The summed E-state index contributed by atoms with van der Waals surface area (Å²) < 4.78 is 5.22. The van der Waals surface area contributed by atoms with Crippen molar-refractivity contribution in [1.82, 2.24) is 15.1 Å². The summed E-state index contributed by atoms with van der Waals surface area (Å²) in [4.78, 5) is 29.3. The fraction of sp³-hybridized carbons (Fsp3) is 0.545. The number of carbonyl (C=O) groups is 2. The second-order valence-corrected chi connectivity index (χ2v) is 8.00. The lowest BCUT2D eigenvalue weighted by molar-refractivity contribution is -0.134. The van der Waals surface area contributed by atoms with Crippen molar-refractivity contribution in [3.8, 4) is 5.75 Å². The maximum absolute atomic E-state index is 13.1. The Kier molecular flexibility index (Phi) is 6.08. The second kappa shape index (κ2) is 8.35. The van der Waals surface area contributed by atoms with Crippen molar-refractivity contribution in [2.75, 3.05) is 26.7 Å². The highest BCUT2D eigenvalue weighted by molar-refractivity contribution is 6.07. The van der Waals surface area contributed by atoms with Gasteiger partial charge in [0.25, 0.3) is 5.91 Å². The molecule has 0 aromatic heterocycles. The zero-order valence-electron chi connectivity index (χ0n) is 17.2. The van der Waals surface area contributed by atoms with Crippen LogP contribution in [-0.2, 0) is 11.3 Å². The monoisotopic (exact) mass is 385 g/mol. The molecule has 1 N–H and O–H groups in total. The maximum atomic E-state index is 13.1. The summed E-state index contributed by atoms with van der Waals surface area (Å²) in [6.45, 7) is 10.7. The summed E-state index contributed by atoms with van der Waals surface area (Å²) in [5.74, 6) is 0.940. The van der Waals surface area contributed by atoms with Crippen LogP contribution >= 0.6 is 0 Å².